The summed E-state index contributed by atoms with van der Waals surface area (Å²) in [6, 6.07) is 7.09. The van der Waals surface area contributed by atoms with Crippen LogP contribution in [0, 0.1) is 0 Å². The summed E-state index contributed by atoms with van der Waals surface area (Å²) >= 11 is 0. The summed E-state index contributed by atoms with van der Waals surface area (Å²) in [6.07, 6.45) is 2.13. The third-order valence-electron chi connectivity index (χ3n) is 2.81. The smallest absolute Gasteiger partial charge is 0.251 e. The van der Waals surface area contributed by atoms with E-state index in [0.717, 1.165) is 12.8 Å². The highest BCUT2D eigenvalue weighted by atomic mass is 16.2. The summed E-state index contributed by atoms with van der Waals surface area (Å²) in [4.78, 5) is 23.7. The van der Waals surface area contributed by atoms with E-state index in [1.165, 1.54) is 0 Å². The predicted octanol–water partition coefficient (Wildman–Crippen LogP) is 2.11. The summed E-state index contributed by atoms with van der Waals surface area (Å²) in [5, 5.41) is 5.80. The van der Waals surface area contributed by atoms with Crippen LogP contribution < -0.4 is 10.6 Å². The first-order chi connectivity index (χ1) is 8.85. The van der Waals surface area contributed by atoms with Gasteiger partial charge in [0.15, 0.2) is 0 Å². The van der Waals surface area contributed by atoms with Crippen molar-refractivity contribution < 1.29 is 9.59 Å². The minimum Gasteiger partial charge on any atom is -0.349 e. The first kappa shape index (κ1) is 13.6. The van der Waals surface area contributed by atoms with Crippen LogP contribution in [-0.4, -0.2) is 23.4 Å². The van der Waals surface area contributed by atoms with Crippen molar-refractivity contribution in [3.05, 3.63) is 35.4 Å². The molecular formula is C15H20N2O2. The molecule has 2 N–H and O–H groups in total. The molecule has 0 saturated heterocycles. The molecule has 0 atom stereocenters. The van der Waals surface area contributed by atoms with Gasteiger partial charge >= 0.3 is 0 Å². The average Bonchev–Trinajstić information content (AvgIpc) is 3.11. The third-order valence-corrected chi connectivity index (χ3v) is 2.81. The lowest BCUT2D eigenvalue weighted by Crippen LogP contribution is -2.40. The Hall–Kier alpha value is -1.84. The van der Waals surface area contributed by atoms with Crippen LogP contribution in [0.4, 0.5) is 0 Å². The zero-order chi connectivity index (χ0) is 14.0. The molecule has 4 heteroatoms. The first-order valence-electron chi connectivity index (χ1n) is 6.58. The van der Waals surface area contributed by atoms with Gasteiger partial charge in [-0.1, -0.05) is 0 Å². The van der Waals surface area contributed by atoms with E-state index in [1.54, 1.807) is 24.3 Å². The number of rotatable bonds is 3. The molecule has 0 radical (unpaired) electrons. The largest absolute Gasteiger partial charge is 0.349 e. The standard InChI is InChI=1S/C15H20N2O2/c1-15(2,3)17-14(19)11-6-4-10(5-7-11)13(18)16-12-8-9-12/h4-7,12H,8-9H2,1-3H3,(H,16,18)(H,17,19). The molecule has 0 unspecified atom stereocenters. The van der Waals surface area contributed by atoms with E-state index in [4.69, 9.17) is 0 Å². The molecular weight excluding hydrogens is 240 g/mol. The Kier molecular flexibility index (Phi) is 3.60. The van der Waals surface area contributed by atoms with Gasteiger partial charge in [-0.25, -0.2) is 0 Å². The maximum atomic E-state index is 11.9. The van der Waals surface area contributed by atoms with E-state index in [2.05, 4.69) is 10.6 Å². The molecule has 2 rings (SSSR count). The van der Waals surface area contributed by atoms with Crippen LogP contribution in [-0.2, 0) is 0 Å². The Labute approximate surface area is 113 Å². The van der Waals surface area contributed by atoms with Gasteiger partial charge in [0.05, 0.1) is 0 Å². The Morgan fingerprint density at radius 2 is 1.47 bits per heavy atom. The van der Waals surface area contributed by atoms with Crippen LogP contribution >= 0.6 is 0 Å². The quantitative estimate of drug-likeness (QED) is 0.874. The molecule has 19 heavy (non-hydrogen) atoms. The van der Waals surface area contributed by atoms with Crippen molar-refractivity contribution in [2.24, 2.45) is 0 Å². The minimum absolute atomic E-state index is 0.0646. The number of amides is 2. The van der Waals surface area contributed by atoms with E-state index in [0.29, 0.717) is 17.2 Å². The second-order valence-corrected chi connectivity index (χ2v) is 6.03. The van der Waals surface area contributed by atoms with E-state index in [1.807, 2.05) is 20.8 Å². The lowest BCUT2D eigenvalue weighted by atomic mass is 10.1. The van der Waals surface area contributed by atoms with Gasteiger partial charge in [0.2, 0.25) is 0 Å². The van der Waals surface area contributed by atoms with Crippen LogP contribution in [0.3, 0.4) is 0 Å². The second-order valence-electron chi connectivity index (χ2n) is 6.03. The first-order valence-corrected chi connectivity index (χ1v) is 6.58. The topological polar surface area (TPSA) is 58.2 Å². The van der Waals surface area contributed by atoms with E-state index >= 15 is 0 Å². The molecule has 4 nitrogen and oxygen atoms in total. The van der Waals surface area contributed by atoms with Crippen molar-refractivity contribution >= 4 is 11.8 Å². The highest BCUT2D eigenvalue weighted by Gasteiger charge is 2.23. The van der Waals surface area contributed by atoms with Crippen molar-refractivity contribution in [3.8, 4) is 0 Å². The van der Waals surface area contributed by atoms with Crippen LogP contribution in [0.15, 0.2) is 24.3 Å². The minimum atomic E-state index is -0.265. The van der Waals surface area contributed by atoms with Crippen LogP contribution in [0.2, 0.25) is 0 Å². The van der Waals surface area contributed by atoms with E-state index < -0.39 is 0 Å². The maximum absolute atomic E-state index is 11.9. The molecule has 1 aromatic rings. The fourth-order valence-electron chi connectivity index (χ4n) is 1.68. The van der Waals surface area contributed by atoms with Crippen molar-refractivity contribution in [1.29, 1.82) is 0 Å². The predicted molar refractivity (Wildman–Crippen MR) is 74.1 cm³/mol. The monoisotopic (exact) mass is 260 g/mol. The Balaban J connectivity index is 2.01. The Bertz CT molecular complexity index is 482. The van der Waals surface area contributed by atoms with Gasteiger partial charge < -0.3 is 10.6 Å². The summed E-state index contributed by atoms with van der Waals surface area (Å²) < 4.78 is 0. The number of benzene rings is 1. The van der Waals surface area contributed by atoms with Gasteiger partial charge in [0.25, 0.3) is 11.8 Å². The van der Waals surface area contributed by atoms with Gasteiger partial charge in [0, 0.05) is 22.7 Å². The lowest BCUT2D eigenvalue weighted by molar-refractivity contribution is 0.0915. The molecule has 1 aliphatic rings. The molecule has 2 amide bonds. The van der Waals surface area contributed by atoms with Crippen LogP contribution in [0.25, 0.3) is 0 Å². The zero-order valence-electron chi connectivity index (χ0n) is 11.6. The summed E-state index contributed by atoms with van der Waals surface area (Å²) in [6.45, 7) is 5.80. The molecule has 1 saturated carbocycles. The van der Waals surface area contributed by atoms with E-state index in [-0.39, 0.29) is 17.4 Å². The Morgan fingerprint density at radius 3 is 1.89 bits per heavy atom. The van der Waals surface area contributed by atoms with E-state index in [9.17, 15) is 9.59 Å². The number of hydrogen-bond donors (Lipinski definition) is 2. The molecule has 1 fully saturated rings. The number of hydrogen-bond acceptors (Lipinski definition) is 2. The molecule has 0 spiro atoms. The van der Waals surface area contributed by atoms with Crippen LogP contribution in [0.5, 0.6) is 0 Å². The van der Waals surface area contributed by atoms with Gasteiger partial charge in [0.1, 0.15) is 0 Å². The summed E-state index contributed by atoms with van der Waals surface area (Å²) in [7, 11) is 0. The molecule has 1 aromatic carbocycles. The Morgan fingerprint density at radius 1 is 1.00 bits per heavy atom. The number of carbonyl (C=O) groups is 2. The van der Waals surface area contributed by atoms with Gasteiger partial charge in [-0.3, -0.25) is 9.59 Å². The van der Waals surface area contributed by atoms with Gasteiger partial charge in [-0.2, -0.15) is 0 Å². The molecule has 1 aliphatic carbocycles. The van der Waals surface area contributed by atoms with Crippen molar-refractivity contribution in [1.82, 2.24) is 10.6 Å². The molecule has 0 aliphatic heterocycles. The molecule has 0 bridgehead atoms. The normalized spacial score (nSPS) is 14.9. The van der Waals surface area contributed by atoms with Gasteiger partial charge in [-0.15, -0.1) is 0 Å². The van der Waals surface area contributed by atoms with Crippen molar-refractivity contribution in [2.45, 2.75) is 45.2 Å². The molecule has 102 valence electrons. The maximum Gasteiger partial charge on any atom is 0.251 e. The summed E-state index contributed by atoms with van der Waals surface area (Å²) in [5.74, 6) is -0.188. The zero-order valence-corrected chi connectivity index (χ0v) is 11.6. The van der Waals surface area contributed by atoms with Crippen LogP contribution in [0.1, 0.15) is 54.3 Å². The highest BCUT2D eigenvalue weighted by Crippen LogP contribution is 2.19. The van der Waals surface area contributed by atoms with Crippen molar-refractivity contribution in [3.63, 3.8) is 0 Å². The third kappa shape index (κ3) is 4.09. The summed E-state index contributed by atoms with van der Waals surface area (Å²) in [5.41, 5.74) is 0.899. The molecule has 0 aromatic heterocycles. The van der Waals surface area contributed by atoms with Gasteiger partial charge in [-0.05, 0) is 57.9 Å². The molecule has 0 heterocycles. The van der Waals surface area contributed by atoms with Crippen molar-refractivity contribution in [2.75, 3.05) is 0 Å². The second kappa shape index (κ2) is 5.03. The SMILES string of the molecule is CC(C)(C)NC(=O)c1ccc(C(=O)NC2CC2)cc1. The lowest BCUT2D eigenvalue weighted by Gasteiger charge is -2.20. The average molecular weight is 260 g/mol. The number of nitrogens with one attached hydrogen (secondary N) is 2. The number of carbonyl (C=O) groups excluding carboxylic acids is 2. The fraction of sp³-hybridized carbons (Fsp3) is 0.467. The fourth-order valence-corrected chi connectivity index (χ4v) is 1.68. The highest BCUT2D eigenvalue weighted by molar-refractivity contribution is 5.98.